The Hall–Kier alpha value is -3.45. The van der Waals surface area contributed by atoms with Gasteiger partial charge < -0.3 is 15.4 Å². The lowest BCUT2D eigenvalue weighted by Crippen LogP contribution is -2.45. The number of morpholine rings is 1. The van der Waals surface area contributed by atoms with Gasteiger partial charge in [-0.2, -0.15) is 9.61 Å². The molecule has 1 aliphatic rings. The third-order valence-corrected chi connectivity index (χ3v) is 5.37. The number of ether oxygens (including phenoxy) is 1. The molecule has 1 saturated heterocycles. The van der Waals surface area contributed by atoms with E-state index in [0.717, 1.165) is 46.9 Å². The number of hydrogen-bond donors (Lipinski definition) is 1. The molecule has 0 spiro atoms. The van der Waals surface area contributed by atoms with E-state index in [1.807, 2.05) is 36.5 Å². The summed E-state index contributed by atoms with van der Waals surface area (Å²) in [5, 5.41) is 4.45. The van der Waals surface area contributed by atoms with Crippen LogP contribution in [0.2, 0.25) is 0 Å². The average Bonchev–Trinajstić information content (AvgIpc) is 3.18. The van der Waals surface area contributed by atoms with E-state index in [9.17, 15) is 0 Å². The first-order valence-electron chi connectivity index (χ1n) is 10.1. The normalized spacial score (nSPS) is 19.3. The van der Waals surface area contributed by atoms with Crippen LogP contribution in [0.5, 0.6) is 0 Å². The molecule has 1 aromatic carbocycles. The Morgan fingerprint density at radius 1 is 0.967 bits per heavy atom. The first-order chi connectivity index (χ1) is 14.6. The van der Waals surface area contributed by atoms with Gasteiger partial charge in [-0.3, -0.25) is 4.98 Å². The summed E-state index contributed by atoms with van der Waals surface area (Å²) in [4.78, 5) is 11.8. The standard InChI is InChI=1S/C23H24N6O/c1-15-13-28(14-16(2)30-15)22-10-21(24)29-23(27-22)19(12-26-29)18-8-9-20(25-11-18)17-6-4-3-5-7-17/h3-12,15-16H,13-14,24H2,1-2H3. The molecule has 0 aliphatic carbocycles. The van der Waals surface area contributed by atoms with Crippen molar-refractivity contribution in [3.8, 4) is 22.4 Å². The molecule has 0 radical (unpaired) electrons. The zero-order chi connectivity index (χ0) is 20.7. The van der Waals surface area contributed by atoms with E-state index in [-0.39, 0.29) is 12.2 Å². The molecule has 4 heterocycles. The van der Waals surface area contributed by atoms with Gasteiger partial charge in [-0.15, -0.1) is 0 Å². The maximum Gasteiger partial charge on any atom is 0.167 e. The number of nitrogens with two attached hydrogens (primary N) is 1. The fourth-order valence-electron chi connectivity index (χ4n) is 4.04. The molecule has 152 valence electrons. The van der Waals surface area contributed by atoms with E-state index in [0.29, 0.717) is 5.82 Å². The van der Waals surface area contributed by atoms with Crippen molar-refractivity contribution in [2.24, 2.45) is 0 Å². The molecule has 2 unspecified atom stereocenters. The maximum atomic E-state index is 6.31. The number of aromatic nitrogens is 4. The van der Waals surface area contributed by atoms with Crippen LogP contribution in [-0.2, 0) is 4.74 Å². The van der Waals surface area contributed by atoms with Crippen molar-refractivity contribution in [2.45, 2.75) is 26.1 Å². The summed E-state index contributed by atoms with van der Waals surface area (Å²) in [6.07, 6.45) is 3.95. The molecule has 30 heavy (non-hydrogen) atoms. The second-order valence-electron chi connectivity index (χ2n) is 7.79. The highest BCUT2D eigenvalue weighted by molar-refractivity contribution is 5.79. The highest BCUT2D eigenvalue weighted by Crippen LogP contribution is 2.29. The predicted octanol–water partition coefficient (Wildman–Crippen LogP) is 3.65. The SMILES string of the molecule is CC1CN(c2cc(N)n3ncc(-c4ccc(-c5ccccc5)nc4)c3n2)CC(C)O1. The summed E-state index contributed by atoms with van der Waals surface area (Å²) >= 11 is 0. The Kier molecular flexibility index (Phi) is 4.59. The molecule has 0 bridgehead atoms. The lowest BCUT2D eigenvalue weighted by atomic mass is 10.1. The minimum Gasteiger partial charge on any atom is -0.383 e. The smallest absolute Gasteiger partial charge is 0.167 e. The fourth-order valence-corrected chi connectivity index (χ4v) is 4.04. The van der Waals surface area contributed by atoms with Gasteiger partial charge in [0.15, 0.2) is 5.65 Å². The summed E-state index contributed by atoms with van der Waals surface area (Å²) in [7, 11) is 0. The minimum atomic E-state index is 0.145. The van der Waals surface area contributed by atoms with E-state index in [2.05, 4.69) is 47.0 Å². The molecule has 1 aliphatic heterocycles. The summed E-state index contributed by atoms with van der Waals surface area (Å²) in [5.41, 5.74) is 10.9. The Labute approximate surface area is 175 Å². The second-order valence-corrected chi connectivity index (χ2v) is 7.79. The first-order valence-corrected chi connectivity index (χ1v) is 10.1. The lowest BCUT2D eigenvalue weighted by molar-refractivity contribution is -0.00544. The molecule has 2 N–H and O–H groups in total. The highest BCUT2D eigenvalue weighted by Gasteiger charge is 2.24. The van der Waals surface area contributed by atoms with Gasteiger partial charge in [0.05, 0.1) is 24.1 Å². The van der Waals surface area contributed by atoms with Gasteiger partial charge in [0, 0.05) is 42.0 Å². The van der Waals surface area contributed by atoms with Crippen LogP contribution in [-0.4, -0.2) is 44.9 Å². The Morgan fingerprint density at radius 3 is 2.43 bits per heavy atom. The monoisotopic (exact) mass is 400 g/mol. The summed E-state index contributed by atoms with van der Waals surface area (Å²) in [5.74, 6) is 1.40. The number of fused-ring (bicyclic) bond motifs is 1. The number of hydrogen-bond acceptors (Lipinski definition) is 6. The quantitative estimate of drug-likeness (QED) is 0.565. The first kappa shape index (κ1) is 18.6. The summed E-state index contributed by atoms with van der Waals surface area (Å²) in [6, 6.07) is 16.1. The van der Waals surface area contributed by atoms with E-state index in [4.69, 9.17) is 15.5 Å². The van der Waals surface area contributed by atoms with E-state index in [1.165, 1.54) is 0 Å². The van der Waals surface area contributed by atoms with E-state index >= 15 is 0 Å². The van der Waals surface area contributed by atoms with Gasteiger partial charge in [0.25, 0.3) is 0 Å². The summed E-state index contributed by atoms with van der Waals surface area (Å²) in [6.45, 7) is 5.72. The Balaban J connectivity index is 1.53. The molecule has 7 nitrogen and oxygen atoms in total. The van der Waals surface area contributed by atoms with Crippen molar-refractivity contribution in [2.75, 3.05) is 23.7 Å². The minimum absolute atomic E-state index is 0.145. The third kappa shape index (κ3) is 3.37. The average molecular weight is 400 g/mol. The van der Waals surface area contributed by atoms with Crippen LogP contribution in [0, 0.1) is 0 Å². The van der Waals surface area contributed by atoms with Crippen LogP contribution in [0.3, 0.4) is 0 Å². The van der Waals surface area contributed by atoms with Crippen LogP contribution in [0.15, 0.2) is 60.9 Å². The van der Waals surface area contributed by atoms with Crippen LogP contribution >= 0.6 is 0 Å². The van der Waals surface area contributed by atoms with Crippen molar-refractivity contribution in [3.05, 3.63) is 60.9 Å². The maximum absolute atomic E-state index is 6.31. The number of rotatable bonds is 3. The van der Waals surface area contributed by atoms with Gasteiger partial charge in [-0.05, 0) is 19.9 Å². The van der Waals surface area contributed by atoms with Crippen LogP contribution in [0.4, 0.5) is 11.6 Å². The number of pyridine rings is 1. The zero-order valence-corrected chi connectivity index (χ0v) is 17.1. The molecule has 1 fully saturated rings. The second kappa shape index (κ2) is 7.42. The molecule has 5 rings (SSSR count). The Bertz CT molecular complexity index is 1160. The van der Waals surface area contributed by atoms with Crippen molar-refractivity contribution < 1.29 is 4.74 Å². The highest BCUT2D eigenvalue weighted by atomic mass is 16.5. The predicted molar refractivity (Wildman–Crippen MR) is 118 cm³/mol. The van der Waals surface area contributed by atoms with Crippen LogP contribution in [0.25, 0.3) is 28.0 Å². The van der Waals surface area contributed by atoms with Crippen molar-refractivity contribution in [3.63, 3.8) is 0 Å². The molecule has 3 aromatic heterocycles. The molecule has 4 aromatic rings. The molecular weight excluding hydrogens is 376 g/mol. The van der Waals surface area contributed by atoms with Gasteiger partial charge in [0.2, 0.25) is 0 Å². The Morgan fingerprint density at radius 2 is 1.73 bits per heavy atom. The van der Waals surface area contributed by atoms with Crippen LogP contribution < -0.4 is 10.6 Å². The number of nitrogen functional groups attached to an aromatic ring is 1. The van der Waals surface area contributed by atoms with Crippen molar-refractivity contribution >= 4 is 17.3 Å². The molecule has 7 heteroatoms. The largest absolute Gasteiger partial charge is 0.383 e. The summed E-state index contributed by atoms with van der Waals surface area (Å²) < 4.78 is 7.53. The van der Waals surface area contributed by atoms with Gasteiger partial charge in [0.1, 0.15) is 11.6 Å². The van der Waals surface area contributed by atoms with Crippen molar-refractivity contribution in [1.82, 2.24) is 19.6 Å². The molecule has 0 amide bonds. The number of benzene rings is 1. The third-order valence-electron chi connectivity index (χ3n) is 5.37. The molecule has 2 atom stereocenters. The van der Waals surface area contributed by atoms with E-state index in [1.54, 1.807) is 10.7 Å². The number of anilines is 2. The van der Waals surface area contributed by atoms with Gasteiger partial charge >= 0.3 is 0 Å². The fraction of sp³-hybridized carbons (Fsp3) is 0.261. The lowest BCUT2D eigenvalue weighted by Gasteiger charge is -2.36. The topological polar surface area (TPSA) is 81.6 Å². The van der Waals surface area contributed by atoms with Crippen molar-refractivity contribution in [1.29, 1.82) is 0 Å². The molecular formula is C23H24N6O. The van der Waals surface area contributed by atoms with Gasteiger partial charge in [-0.1, -0.05) is 36.4 Å². The van der Waals surface area contributed by atoms with E-state index < -0.39 is 0 Å². The zero-order valence-electron chi connectivity index (χ0n) is 17.1. The molecule has 0 saturated carbocycles. The van der Waals surface area contributed by atoms with Crippen LogP contribution in [0.1, 0.15) is 13.8 Å². The van der Waals surface area contributed by atoms with Gasteiger partial charge in [-0.25, -0.2) is 4.98 Å². The number of nitrogens with zero attached hydrogens (tertiary/aromatic N) is 5.